The number of hydrogen-bond donors (Lipinski definition) is 1. The smallest absolute Gasteiger partial charge is 0.193 e. The van der Waals surface area contributed by atoms with Crippen LogP contribution in [0.2, 0.25) is 0 Å². The molecule has 0 unspecified atom stereocenters. The van der Waals surface area contributed by atoms with Crippen molar-refractivity contribution in [2.45, 2.75) is 25.8 Å². The Morgan fingerprint density at radius 1 is 1.00 bits per heavy atom. The van der Waals surface area contributed by atoms with E-state index in [0.717, 1.165) is 43.5 Å². The van der Waals surface area contributed by atoms with Gasteiger partial charge in [0.05, 0.1) is 14.2 Å². The molecule has 1 N–H and O–H groups in total. The number of benzene rings is 1. The maximum absolute atomic E-state index is 5.48. The van der Waals surface area contributed by atoms with Gasteiger partial charge in [0.1, 0.15) is 0 Å². The van der Waals surface area contributed by atoms with Crippen LogP contribution in [0.4, 0.5) is 0 Å². The van der Waals surface area contributed by atoms with Gasteiger partial charge in [-0.1, -0.05) is 0 Å². The monoisotopic (exact) mass is 531 g/mol. The van der Waals surface area contributed by atoms with Crippen LogP contribution in [-0.4, -0.2) is 94.8 Å². The zero-order chi connectivity index (χ0) is 20.6. The van der Waals surface area contributed by atoms with Gasteiger partial charge in [-0.25, -0.2) is 0 Å². The highest BCUT2D eigenvalue weighted by molar-refractivity contribution is 14.0. The molecule has 1 saturated heterocycles. The minimum atomic E-state index is 0. The molecule has 0 atom stereocenters. The molecule has 2 aliphatic heterocycles. The second kappa shape index (κ2) is 12.6. The fraction of sp³-hybridized carbons (Fsp3) is 0.682. The fourth-order valence-electron chi connectivity index (χ4n) is 4.13. The van der Waals surface area contributed by atoms with Crippen molar-refractivity contribution in [3.63, 3.8) is 0 Å². The average Bonchev–Trinajstić information content (AvgIpc) is 2.76. The lowest BCUT2D eigenvalue weighted by Gasteiger charge is -2.33. The summed E-state index contributed by atoms with van der Waals surface area (Å²) in [6.07, 6.45) is 3.38. The first-order valence-electron chi connectivity index (χ1n) is 10.7. The van der Waals surface area contributed by atoms with Gasteiger partial charge in [0, 0.05) is 52.9 Å². The van der Waals surface area contributed by atoms with E-state index >= 15 is 0 Å². The molecule has 7 nitrogen and oxygen atoms in total. The quantitative estimate of drug-likeness (QED) is 0.252. The molecule has 2 heterocycles. The van der Waals surface area contributed by atoms with Gasteiger partial charge >= 0.3 is 0 Å². The number of ether oxygens (including phenoxy) is 2. The van der Waals surface area contributed by atoms with Crippen LogP contribution in [0, 0.1) is 0 Å². The van der Waals surface area contributed by atoms with Crippen molar-refractivity contribution in [2.75, 3.05) is 74.1 Å². The Hall–Kier alpha value is -1.26. The maximum atomic E-state index is 5.48. The molecule has 0 aliphatic carbocycles. The third-order valence-electron chi connectivity index (χ3n) is 6.01. The Bertz CT molecular complexity index is 692. The molecule has 0 radical (unpaired) electrons. The number of hydrogen-bond acceptors (Lipinski definition) is 5. The molecule has 8 heteroatoms. The lowest BCUT2D eigenvalue weighted by atomic mass is 9.99. The Morgan fingerprint density at radius 3 is 2.30 bits per heavy atom. The van der Waals surface area contributed by atoms with Gasteiger partial charge in [0.15, 0.2) is 17.5 Å². The summed E-state index contributed by atoms with van der Waals surface area (Å²) >= 11 is 0. The van der Waals surface area contributed by atoms with Gasteiger partial charge in [-0.05, 0) is 56.1 Å². The van der Waals surface area contributed by atoms with Crippen molar-refractivity contribution in [3.8, 4) is 11.5 Å². The standard InChI is InChI=1S/C22H37N5O2.HI/c1-23-22(24-8-5-6-9-26-13-11-25(2)12-14-26)27-10-7-18-15-20(28-3)21(29-4)16-19(18)17-27;/h15-16H,5-14,17H2,1-4H3,(H,23,24);1H. The number of unbranched alkanes of at least 4 members (excludes halogenated alkanes) is 1. The van der Waals surface area contributed by atoms with Gasteiger partial charge in [-0.15, -0.1) is 24.0 Å². The van der Waals surface area contributed by atoms with Crippen molar-refractivity contribution in [1.29, 1.82) is 0 Å². The van der Waals surface area contributed by atoms with Crippen molar-refractivity contribution in [3.05, 3.63) is 23.3 Å². The molecule has 0 aromatic heterocycles. The largest absolute Gasteiger partial charge is 0.493 e. The van der Waals surface area contributed by atoms with Crippen LogP contribution in [0.15, 0.2) is 17.1 Å². The summed E-state index contributed by atoms with van der Waals surface area (Å²) in [6.45, 7) is 8.76. The van der Waals surface area contributed by atoms with Gasteiger partial charge in [-0.2, -0.15) is 0 Å². The predicted octanol–water partition coefficient (Wildman–Crippen LogP) is 2.28. The number of rotatable bonds is 7. The molecule has 0 saturated carbocycles. The van der Waals surface area contributed by atoms with Crippen LogP contribution < -0.4 is 14.8 Å². The molecule has 1 fully saturated rings. The number of nitrogens with zero attached hydrogens (tertiary/aromatic N) is 4. The van der Waals surface area contributed by atoms with Crippen LogP contribution in [0.25, 0.3) is 0 Å². The highest BCUT2D eigenvalue weighted by atomic mass is 127. The summed E-state index contributed by atoms with van der Waals surface area (Å²) in [5, 5.41) is 3.56. The van der Waals surface area contributed by atoms with Crippen LogP contribution >= 0.6 is 24.0 Å². The molecule has 170 valence electrons. The third-order valence-corrected chi connectivity index (χ3v) is 6.01. The zero-order valence-corrected chi connectivity index (χ0v) is 21.3. The lowest BCUT2D eigenvalue weighted by Crippen LogP contribution is -2.45. The molecule has 0 amide bonds. The van der Waals surface area contributed by atoms with E-state index in [1.807, 2.05) is 7.05 Å². The Morgan fingerprint density at radius 2 is 1.67 bits per heavy atom. The van der Waals surface area contributed by atoms with Crippen LogP contribution in [0.1, 0.15) is 24.0 Å². The van der Waals surface area contributed by atoms with Gasteiger partial charge in [-0.3, -0.25) is 4.99 Å². The SMILES string of the molecule is CN=C(NCCCCN1CCN(C)CC1)N1CCc2cc(OC)c(OC)cc2C1.I. The van der Waals surface area contributed by atoms with Gasteiger partial charge in [0.25, 0.3) is 0 Å². The molecule has 0 spiro atoms. The Labute approximate surface area is 198 Å². The van der Waals surface area contributed by atoms with E-state index in [4.69, 9.17) is 9.47 Å². The number of guanidine groups is 1. The highest BCUT2D eigenvalue weighted by Gasteiger charge is 2.21. The molecule has 1 aromatic carbocycles. The van der Waals surface area contributed by atoms with Gasteiger partial charge < -0.3 is 29.5 Å². The molecule has 2 aliphatic rings. The van der Waals surface area contributed by atoms with E-state index in [2.05, 4.69) is 44.2 Å². The number of halogens is 1. The minimum absolute atomic E-state index is 0. The predicted molar refractivity (Wildman–Crippen MR) is 134 cm³/mol. The topological polar surface area (TPSA) is 52.6 Å². The second-order valence-electron chi connectivity index (χ2n) is 7.97. The van der Waals surface area contributed by atoms with E-state index in [1.165, 1.54) is 56.7 Å². The molecule has 0 bridgehead atoms. The summed E-state index contributed by atoms with van der Waals surface area (Å²) in [4.78, 5) is 11.8. The molecular weight excluding hydrogens is 493 g/mol. The van der Waals surface area contributed by atoms with Crippen LogP contribution in [0.5, 0.6) is 11.5 Å². The second-order valence-corrected chi connectivity index (χ2v) is 7.97. The normalized spacial score (nSPS) is 17.9. The van der Waals surface area contributed by atoms with E-state index in [1.54, 1.807) is 14.2 Å². The van der Waals surface area contributed by atoms with E-state index in [0.29, 0.717) is 0 Å². The van der Waals surface area contributed by atoms with E-state index in [-0.39, 0.29) is 24.0 Å². The molecule has 3 rings (SSSR count). The number of piperazine rings is 1. The first-order chi connectivity index (χ1) is 14.1. The number of methoxy groups -OCH3 is 2. The number of likely N-dealkylation sites (N-methyl/N-ethyl adjacent to an activating group) is 1. The van der Waals surface area contributed by atoms with E-state index < -0.39 is 0 Å². The third kappa shape index (κ3) is 6.62. The summed E-state index contributed by atoms with van der Waals surface area (Å²) in [5.74, 6) is 2.59. The van der Waals surface area contributed by atoms with Crippen LogP contribution in [0.3, 0.4) is 0 Å². The Balaban J connectivity index is 0.00000320. The minimum Gasteiger partial charge on any atom is -0.493 e. The van der Waals surface area contributed by atoms with Crippen molar-refractivity contribution in [2.24, 2.45) is 4.99 Å². The number of nitrogens with one attached hydrogen (secondary N) is 1. The first-order valence-corrected chi connectivity index (χ1v) is 10.7. The lowest BCUT2D eigenvalue weighted by molar-refractivity contribution is 0.152. The summed E-state index contributed by atoms with van der Waals surface area (Å²) in [6, 6.07) is 4.21. The fourth-order valence-corrected chi connectivity index (χ4v) is 4.13. The summed E-state index contributed by atoms with van der Waals surface area (Å²) in [5.41, 5.74) is 2.62. The van der Waals surface area contributed by atoms with Gasteiger partial charge in [0.2, 0.25) is 0 Å². The average molecular weight is 531 g/mol. The maximum Gasteiger partial charge on any atom is 0.193 e. The van der Waals surface area contributed by atoms with Crippen LogP contribution in [-0.2, 0) is 13.0 Å². The zero-order valence-electron chi connectivity index (χ0n) is 18.9. The highest BCUT2D eigenvalue weighted by Crippen LogP contribution is 2.33. The number of aliphatic imine (C=N–C) groups is 1. The Kier molecular flexibility index (Phi) is 10.5. The first kappa shape index (κ1) is 25.0. The van der Waals surface area contributed by atoms with Crippen molar-refractivity contribution < 1.29 is 9.47 Å². The molecule has 1 aromatic rings. The summed E-state index contributed by atoms with van der Waals surface area (Å²) < 4.78 is 10.9. The molecular formula is C22H38IN5O2. The number of fused-ring (bicyclic) bond motifs is 1. The van der Waals surface area contributed by atoms with E-state index in [9.17, 15) is 0 Å². The molecule has 30 heavy (non-hydrogen) atoms. The summed E-state index contributed by atoms with van der Waals surface area (Å²) in [7, 11) is 7.46. The van der Waals surface area contributed by atoms with Crippen molar-refractivity contribution in [1.82, 2.24) is 20.0 Å². The van der Waals surface area contributed by atoms with Crippen molar-refractivity contribution >= 4 is 29.9 Å².